The zero-order valence-electron chi connectivity index (χ0n) is 14.9. The van der Waals surface area contributed by atoms with Crippen molar-refractivity contribution < 1.29 is 0 Å². The molecule has 2 aromatic carbocycles. The van der Waals surface area contributed by atoms with Gasteiger partial charge in [0.2, 0.25) is 0 Å². The van der Waals surface area contributed by atoms with Crippen LogP contribution in [0.5, 0.6) is 0 Å². The highest BCUT2D eigenvalue weighted by Gasteiger charge is 2.20. The predicted molar refractivity (Wildman–Crippen MR) is 110 cm³/mol. The number of thiazole rings is 1. The van der Waals surface area contributed by atoms with Gasteiger partial charge in [0, 0.05) is 7.05 Å². The van der Waals surface area contributed by atoms with Crippen LogP contribution in [0.15, 0.2) is 64.2 Å². The number of nitrogens with zero attached hydrogens (tertiary/aromatic N) is 4. The van der Waals surface area contributed by atoms with Crippen LogP contribution in [0.2, 0.25) is 0 Å². The van der Waals surface area contributed by atoms with E-state index >= 15 is 0 Å². The molecule has 1 N–H and O–H groups in total. The topological polar surface area (TPSA) is 85.6 Å². The first-order valence-electron chi connectivity index (χ1n) is 8.71. The summed E-state index contributed by atoms with van der Waals surface area (Å²) in [5.74, 6) is 0.569. The van der Waals surface area contributed by atoms with Crippen LogP contribution in [0.1, 0.15) is 5.56 Å². The maximum absolute atomic E-state index is 12.6. The minimum Gasteiger partial charge on any atom is -0.303 e. The van der Waals surface area contributed by atoms with Crippen LogP contribution in [0, 0.1) is 0 Å². The minimum atomic E-state index is -0.470. The molecule has 0 radical (unpaired) electrons. The second-order valence-corrected chi connectivity index (χ2v) is 7.52. The second kappa shape index (κ2) is 6.28. The third kappa shape index (κ3) is 2.57. The van der Waals surface area contributed by atoms with Crippen molar-refractivity contribution in [2.45, 2.75) is 6.54 Å². The number of para-hydroxylation sites is 1. The molecule has 0 aliphatic rings. The molecule has 0 saturated carbocycles. The molecule has 138 valence electrons. The van der Waals surface area contributed by atoms with Crippen molar-refractivity contribution >= 4 is 32.7 Å². The van der Waals surface area contributed by atoms with Crippen LogP contribution >= 0.6 is 11.3 Å². The van der Waals surface area contributed by atoms with Gasteiger partial charge in [-0.3, -0.25) is 14.3 Å². The fraction of sp³-hybridized carbons (Fsp3) is 0.100. The molecule has 5 rings (SSSR count). The first-order chi connectivity index (χ1) is 13.6. The van der Waals surface area contributed by atoms with Gasteiger partial charge in [-0.05, 0) is 17.7 Å². The van der Waals surface area contributed by atoms with Crippen molar-refractivity contribution in [3.05, 3.63) is 81.0 Å². The second-order valence-electron chi connectivity index (χ2n) is 6.49. The standard InChI is InChI=1S/C20H15N5O2S/c1-24-19(26)15-16(23-20(24)27)25(11-12-7-3-2-4-8-12)17(22-15)18-21-13-9-5-6-10-14(13)28-18/h2-10H,11H2,1H3,(H,23,27). The molecule has 5 aromatic rings. The molecule has 0 saturated heterocycles. The van der Waals surface area contributed by atoms with E-state index < -0.39 is 11.2 Å². The van der Waals surface area contributed by atoms with E-state index in [-0.39, 0.29) is 5.52 Å². The number of imidazole rings is 1. The summed E-state index contributed by atoms with van der Waals surface area (Å²) in [6, 6.07) is 17.7. The lowest BCUT2D eigenvalue weighted by Crippen LogP contribution is -2.32. The summed E-state index contributed by atoms with van der Waals surface area (Å²) in [5.41, 5.74) is 1.65. The monoisotopic (exact) mass is 389 g/mol. The first-order valence-corrected chi connectivity index (χ1v) is 9.53. The van der Waals surface area contributed by atoms with E-state index in [1.807, 2.05) is 59.2 Å². The van der Waals surface area contributed by atoms with Crippen LogP contribution in [0.25, 0.3) is 32.2 Å². The lowest BCUT2D eigenvalue weighted by atomic mass is 10.2. The third-order valence-corrected chi connectivity index (χ3v) is 5.71. The highest BCUT2D eigenvalue weighted by Crippen LogP contribution is 2.31. The molecule has 3 heterocycles. The summed E-state index contributed by atoms with van der Waals surface area (Å²) >= 11 is 1.51. The van der Waals surface area contributed by atoms with Crippen LogP contribution in [0.4, 0.5) is 0 Å². The van der Waals surface area contributed by atoms with Crippen molar-refractivity contribution in [3.8, 4) is 10.8 Å². The normalized spacial score (nSPS) is 11.5. The van der Waals surface area contributed by atoms with Crippen LogP contribution in [-0.4, -0.2) is 24.1 Å². The SMILES string of the molecule is Cn1c(=O)[nH]c2c(nc(-c3nc4ccccc4s3)n2Cc2ccccc2)c1=O. The van der Waals surface area contributed by atoms with Crippen molar-refractivity contribution in [1.29, 1.82) is 0 Å². The quantitative estimate of drug-likeness (QED) is 0.514. The number of aromatic nitrogens is 5. The van der Waals surface area contributed by atoms with Crippen LogP contribution in [0.3, 0.4) is 0 Å². The van der Waals surface area contributed by atoms with E-state index in [2.05, 4.69) is 15.0 Å². The number of hydrogen-bond donors (Lipinski definition) is 1. The number of rotatable bonds is 3. The molecule has 0 aliphatic carbocycles. The Morgan fingerprint density at radius 1 is 1.00 bits per heavy atom. The van der Waals surface area contributed by atoms with Gasteiger partial charge >= 0.3 is 5.69 Å². The molecule has 0 spiro atoms. The van der Waals surface area contributed by atoms with E-state index in [1.165, 1.54) is 18.4 Å². The van der Waals surface area contributed by atoms with E-state index in [4.69, 9.17) is 0 Å². The smallest absolute Gasteiger partial charge is 0.303 e. The number of nitrogens with one attached hydrogen (secondary N) is 1. The van der Waals surface area contributed by atoms with E-state index in [0.717, 1.165) is 20.3 Å². The molecule has 0 unspecified atom stereocenters. The Hall–Kier alpha value is -3.52. The summed E-state index contributed by atoms with van der Waals surface area (Å²) in [6.07, 6.45) is 0. The van der Waals surface area contributed by atoms with Crippen molar-refractivity contribution in [2.24, 2.45) is 7.05 Å². The van der Waals surface area contributed by atoms with Gasteiger partial charge in [-0.15, -0.1) is 11.3 Å². The molecular formula is C20H15N5O2S. The summed E-state index contributed by atoms with van der Waals surface area (Å²) in [5, 5.41) is 0.705. The molecular weight excluding hydrogens is 374 g/mol. The van der Waals surface area contributed by atoms with Gasteiger partial charge in [0.15, 0.2) is 16.3 Å². The molecule has 0 bridgehead atoms. The first kappa shape index (κ1) is 16.6. The number of benzene rings is 2. The maximum atomic E-state index is 12.6. The molecule has 3 aromatic heterocycles. The molecule has 0 fully saturated rings. The number of aromatic amines is 1. The van der Waals surface area contributed by atoms with E-state index in [9.17, 15) is 9.59 Å². The average Bonchev–Trinajstić information content (AvgIpc) is 3.29. The van der Waals surface area contributed by atoms with Crippen LogP contribution in [-0.2, 0) is 13.6 Å². The summed E-state index contributed by atoms with van der Waals surface area (Å²) in [7, 11) is 1.44. The fourth-order valence-corrected chi connectivity index (χ4v) is 4.18. The Morgan fingerprint density at radius 2 is 1.75 bits per heavy atom. The van der Waals surface area contributed by atoms with Gasteiger partial charge in [0.1, 0.15) is 5.65 Å². The van der Waals surface area contributed by atoms with Crippen molar-refractivity contribution in [1.82, 2.24) is 24.1 Å². The Bertz CT molecular complexity index is 1410. The average molecular weight is 389 g/mol. The van der Waals surface area contributed by atoms with Gasteiger partial charge in [-0.25, -0.2) is 14.8 Å². The summed E-state index contributed by atoms with van der Waals surface area (Å²) in [6.45, 7) is 0.464. The molecule has 7 nitrogen and oxygen atoms in total. The zero-order valence-corrected chi connectivity index (χ0v) is 15.7. The Balaban J connectivity index is 1.82. The summed E-state index contributed by atoms with van der Waals surface area (Å²) in [4.78, 5) is 36.9. The number of hydrogen-bond acceptors (Lipinski definition) is 5. The molecule has 0 aliphatic heterocycles. The van der Waals surface area contributed by atoms with Crippen molar-refractivity contribution in [3.63, 3.8) is 0 Å². The van der Waals surface area contributed by atoms with Crippen LogP contribution < -0.4 is 11.2 Å². The molecule has 8 heteroatoms. The van der Waals surface area contributed by atoms with Gasteiger partial charge in [-0.1, -0.05) is 42.5 Å². The van der Waals surface area contributed by atoms with Gasteiger partial charge in [0.05, 0.1) is 16.8 Å². The third-order valence-electron chi connectivity index (χ3n) is 4.67. The Kier molecular flexibility index (Phi) is 3.73. The highest BCUT2D eigenvalue weighted by atomic mass is 32.1. The van der Waals surface area contributed by atoms with E-state index in [0.29, 0.717) is 23.0 Å². The molecule has 0 atom stereocenters. The maximum Gasteiger partial charge on any atom is 0.329 e. The highest BCUT2D eigenvalue weighted by molar-refractivity contribution is 7.21. The Morgan fingerprint density at radius 3 is 2.54 bits per heavy atom. The van der Waals surface area contributed by atoms with Crippen molar-refractivity contribution in [2.75, 3.05) is 0 Å². The number of H-pyrrole nitrogens is 1. The number of fused-ring (bicyclic) bond motifs is 2. The fourth-order valence-electron chi connectivity index (χ4n) is 3.22. The minimum absolute atomic E-state index is 0.229. The Labute approximate surface area is 162 Å². The zero-order chi connectivity index (χ0) is 19.3. The molecule has 28 heavy (non-hydrogen) atoms. The van der Waals surface area contributed by atoms with Gasteiger partial charge in [-0.2, -0.15) is 0 Å². The van der Waals surface area contributed by atoms with Gasteiger partial charge < -0.3 is 4.57 Å². The molecule has 0 amide bonds. The van der Waals surface area contributed by atoms with Gasteiger partial charge in [0.25, 0.3) is 5.56 Å². The lowest BCUT2D eigenvalue weighted by Gasteiger charge is -2.07. The van der Waals surface area contributed by atoms with E-state index in [1.54, 1.807) is 0 Å². The predicted octanol–water partition coefficient (Wildman–Crippen LogP) is 2.75. The largest absolute Gasteiger partial charge is 0.329 e. The summed E-state index contributed by atoms with van der Waals surface area (Å²) < 4.78 is 3.92. The lowest BCUT2D eigenvalue weighted by molar-refractivity contribution is 0.772.